The van der Waals surface area contributed by atoms with Gasteiger partial charge in [-0.1, -0.05) is 60.3 Å². The molecule has 1 heteroatoms. The summed E-state index contributed by atoms with van der Waals surface area (Å²) in [5, 5.41) is 3.79. The maximum absolute atomic E-state index is 3.79. The van der Waals surface area contributed by atoms with Gasteiger partial charge in [0.05, 0.1) is 0 Å². The summed E-state index contributed by atoms with van der Waals surface area (Å²) in [7, 11) is 0. The summed E-state index contributed by atoms with van der Waals surface area (Å²) >= 11 is 0. The highest BCUT2D eigenvalue weighted by Crippen LogP contribution is 2.20. The van der Waals surface area contributed by atoms with Gasteiger partial charge >= 0.3 is 0 Å². The number of nitrogens with one attached hydrogen (secondary N) is 1. The van der Waals surface area contributed by atoms with Gasteiger partial charge in [0.25, 0.3) is 0 Å². The van der Waals surface area contributed by atoms with Crippen molar-refractivity contribution in [1.82, 2.24) is 5.32 Å². The van der Waals surface area contributed by atoms with Crippen LogP contribution in [0.2, 0.25) is 0 Å². The Hall–Kier alpha value is -0.0400. The van der Waals surface area contributed by atoms with Gasteiger partial charge < -0.3 is 5.32 Å². The van der Waals surface area contributed by atoms with Crippen molar-refractivity contribution in [2.75, 3.05) is 6.54 Å². The molecule has 0 aromatic rings. The zero-order chi connectivity index (χ0) is 12.4. The van der Waals surface area contributed by atoms with Crippen molar-refractivity contribution in [2.45, 2.75) is 79.2 Å². The summed E-state index contributed by atoms with van der Waals surface area (Å²) in [6, 6.07) is 0.724. The van der Waals surface area contributed by atoms with E-state index >= 15 is 0 Å². The molecule has 0 rings (SSSR count). The highest BCUT2D eigenvalue weighted by Gasteiger charge is 2.20. The molecule has 0 spiro atoms. The third-order valence-corrected chi connectivity index (χ3v) is 3.77. The van der Waals surface area contributed by atoms with Crippen LogP contribution in [-0.2, 0) is 0 Å². The molecule has 0 saturated carbocycles. The highest BCUT2D eigenvalue weighted by molar-refractivity contribution is 4.77. The molecule has 1 N–H and O–H groups in total. The lowest BCUT2D eigenvalue weighted by molar-refractivity contribution is 0.264. The van der Waals surface area contributed by atoms with Crippen molar-refractivity contribution in [3.8, 4) is 0 Å². The molecule has 0 aliphatic carbocycles. The molecule has 16 heavy (non-hydrogen) atoms. The topological polar surface area (TPSA) is 12.0 Å². The summed E-state index contributed by atoms with van der Waals surface area (Å²) < 4.78 is 0. The average molecular weight is 227 g/mol. The van der Waals surface area contributed by atoms with Crippen molar-refractivity contribution in [1.29, 1.82) is 0 Å². The Kier molecular flexibility index (Phi) is 10.1. The molecule has 0 heterocycles. The number of hydrogen-bond acceptors (Lipinski definition) is 1. The van der Waals surface area contributed by atoms with E-state index in [2.05, 4.69) is 39.9 Å². The molecule has 0 fully saturated rings. The highest BCUT2D eigenvalue weighted by atomic mass is 14.9. The minimum Gasteiger partial charge on any atom is -0.313 e. The minimum atomic E-state index is 0.724. The molecule has 3 atom stereocenters. The van der Waals surface area contributed by atoms with Crippen LogP contribution in [0.3, 0.4) is 0 Å². The molecule has 98 valence electrons. The van der Waals surface area contributed by atoms with Gasteiger partial charge in [0.15, 0.2) is 0 Å². The van der Waals surface area contributed by atoms with Crippen LogP contribution >= 0.6 is 0 Å². The fourth-order valence-electron chi connectivity index (χ4n) is 2.50. The number of unbranched alkanes of at least 4 members (excludes halogenated alkanes) is 2. The summed E-state index contributed by atoms with van der Waals surface area (Å²) in [5.41, 5.74) is 0. The van der Waals surface area contributed by atoms with Crippen LogP contribution in [0.15, 0.2) is 0 Å². The first kappa shape index (κ1) is 16.0. The Bertz CT molecular complexity index is 144. The predicted octanol–water partition coefficient (Wildman–Crippen LogP) is 4.62. The average Bonchev–Trinajstić information content (AvgIpc) is 2.28. The Morgan fingerprint density at radius 1 is 0.875 bits per heavy atom. The molecule has 0 saturated heterocycles. The summed E-state index contributed by atoms with van der Waals surface area (Å²) in [6.45, 7) is 12.9. The predicted molar refractivity (Wildman–Crippen MR) is 74.8 cm³/mol. The maximum atomic E-state index is 3.79. The molecule has 1 nitrogen and oxygen atoms in total. The minimum absolute atomic E-state index is 0.724. The Morgan fingerprint density at radius 2 is 1.56 bits per heavy atom. The molecule has 3 unspecified atom stereocenters. The molecule has 0 aliphatic heterocycles. The molecule has 0 bridgehead atoms. The van der Waals surface area contributed by atoms with Gasteiger partial charge in [0, 0.05) is 6.04 Å². The standard InChI is InChI=1S/C15H33N/c1-6-9-10-12-16-15(13(4)8-3)14(5)11-7-2/h13-16H,6-12H2,1-5H3. The lowest BCUT2D eigenvalue weighted by Crippen LogP contribution is -2.40. The van der Waals surface area contributed by atoms with Crippen LogP contribution < -0.4 is 5.32 Å². The van der Waals surface area contributed by atoms with Crippen LogP contribution in [0.5, 0.6) is 0 Å². The van der Waals surface area contributed by atoms with Gasteiger partial charge in [-0.3, -0.25) is 0 Å². The molecule has 0 aromatic heterocycles. The second-order valence-electron chi connectivity index (χ2n) is 5.34. The summed E-state index contributed by atoms with van der Waals surface area (Å²) in [5.74, 6) is 1.63. The first-order chi connectivity index (χ1) is 7.67. The van der Waals surface area contributed by atoms with Gasteiger partial charge in [0.1, 0.15) is 0 Å². The van der Waals surface area contributed by atoms with Crippen LogP contribution in [-0.4, -0.2) is 12.6 Å². The Morgan fingerprint density at radius 3 is 2.06 bits per heavy atom. The van der Waals surface area contributed by atoms with Crippen LogP contribution in [0.4, 0.5) is 0 Å². The second kappa shape index (κ2) is 10.1. The lowest BCUT2D eigenvalue weighted by Gasteiger charge is -2.30. The quantitative estimate of drug-likeness (QED) is 0.537. The molecule has 0 aliphatic rings. The van der Waals surface area contributed by atoms with Crippen LogP contribution in [0, 0.1) is 11.8 Å². The zero-order valence-electron chi connectivity index (χ0n) is 12.2. The van der Waals surface area contributed by atoms with Crippen LogP contribution in [0.1, 0.15) is 73.1 Å². The van der Waals surface area contributed by atoms with Crippen LogP contribution in [0.25, 0.3) is 0 Å². The van der Waals surface area contributed by atoms with Crippen molar-refractivity contribution < 1.29 is 0 Å². The van der Waals surface area contributed by atoms with Crippen molar-refractivity contribution in [3.05, 3.63) is 0 Å². The molecular formula is C15H33N. The van der Waals surface area contributed by atoms with Gasteiger partial charge in [-0.2, -0.15) is 0 Å². The fraction of sp³-hybridized carbons (Fsp3) is 1.00. The van der Waals surface area contributed by atoms with Gasteiger partial charge in [-0.05, 0) is 31.2 Å². The fourth-order valence-corrected chi connectivity index (χ4v) is 2.50. The van der Waals surface area contributed by atoms with Gasteiger partial charge in [0.2, 0.25) is 0 Å². The number of hydrogen-bond donors (Lipinski definition) is 1. The van der Waals surface area contributed by atoms with E-state index in [4.69, 9.17) is 0 Å². The third-order valence-electron chi connectivity index (χ3n) is 3.77. The van der Waals surface area contributed by atoms with E-state index in [0.29, 0.717) is 0 Å². The van der Waals surface area contributed by atoms with E-state index in [1.165, 1.54) is 45.1 Å². The maximum Gasteiger partial charge on any atom is 0.0118 e. The van der Waals surface area contributed by atoms with Crippen molar-refractivity contribution in [3.63, 3.8) is 0 Å². The third kappa shape index (κ3) is 6.52. The monoisotopic (exact) mass is 227 g/mol. The largest absolute Gasteiger partial charge is 0.313 e. The van der Waals surface area contributed by atoms with E-state index in [9.17, 15) is 0 Å². The zero-order valence-corrected chi connectivity index (χ0v) is 12.2. The number of rotatable bonds is 10. The molecular weight excluding hydrogens is 194 g/mol. The van der Waals surface area contributed by atoms with E-state index in [1.54, 1.807) is 0 Å². The SMILES string of the molecule is CCCCCNC(C(C)CC)C(C)CCC. The van der Waals surface area contributed by atoms with E-state index in [0.717, 1.165) is 17.9 Å². The molecule has 0 amide bonds. The van der Waals surface area contributed by atoms with Crippen molar-refractivity contribution in [2.24, 2.45) is 11.8 Å². The normalized spacial score (nSPS) is 17.1. The van der Waals surface area contributed by atoms with Gasteiger partial charge in [-0.25, -0.2) is 0 Å². The van der Waals surface area contributed by atoms with E-state index in [1.807, 2.05) is 0 Å². The lowest BCUT2D eigenvalue weighted by atomic mass is 9.86. The second-order valence-corrected chi connectivity index (χ2v) is 5.34. The molecule has 0 radical (unpaired) electrons. The van der Waals surface area contributed by atoms with Gasteiger partial charge in [-0.15, -0.1) is 0 Å². The summed E-state index contributed by atoms with van der Waals surface area (Å²) in [4.78, 5) is 0. The van der Waals surface area contributed by atoms with E-state index in [-0.39, 0.29) is 0 Å². The summed E-state index contributed by atoms with van der Waals surface area (Å²) in [6.07, 6.45) is 7.98. The Balaban J connectivity index is 3.99. The Labute approximate surface area is 103 Å². The first-order valence-electron chi connectivity index (χ1n) is 7.40. The smallest absolute Gasteiger partial charge is 0.0118 e. The molecule has 0 aromatic carbocycles. The first-order valence-corrected chi connectivity index (χ1v) is 7.40. The van der Waals surface area contributed by atoms with E-state index < -0.39 is 0 Å². The van der Waals surface area contributed by atoms with Crippen molar-refractivity contribution >= 4 is 0 Å².